The highest BCUT2D eigenvalue weighted by Crippen LogP contribution is 2.43. The minimum absolute atomic E-state index is 0.0776. The molecule has 8 heteroatoms. The van der Waals surface area contributed by atoms with Gasteiger partial charge in [-0.3, -0.25) is 19.4 Å². The standard InChI is InChI=1S/C27H33N3O5/c1-35-24(32)19-29-25(33)27(20-11-5-2-6-12-20,21-13-7-3-8-14-21)30(26(29)34)18-23(31)17-28-22-15-9-4-10-16-22/h2-3,5-8,11-14,22-23,28,31H,4,9-10,15-19H2,1H3. The van der Waals surface area contributed by atoms with Crippen LogP contribution in [0.3, 0.4) is 0 Å². The maximum absolute atomic E-state index is 14.0. The van der Waals surface area contributed by atoms with Gasteiger partial charge in [0.15, 0.2) is 5.54 Å². The number of aliphatic hydroxyl groups is 1. The van der Waals surface area contributed by atoms with Crippen molar-refractivity contribution in [1.82, 2.24) is 15.1 Å². The van der Waals surface area contributed by atoms with Gasteiger partial charge in [-0.2, -0.15) is 0 Å². The largest absolute Gasteiger partial charge is 0.468 e. The van der Waals surface area contributed by atoms with E-state index in [0.29, 0.717) is 23.7 Å². The monoisotopic (exact) mass is 479 g/mol. The summed E-state index contributed by atoms with van der Waals surface area (Å²) in [5.41, 5.74) is -0.340. The smallest absolute Gasteiger partial charge is 0.328 e. The molecule has 2 aromatic carbocycles. The lowest BCUT2D eigenvalue weighted by atomic mass is 9.81. The Kier molecular flexibility index (Phi) is 7.83. The third kappa shape index (κ3) is 4.94. The number of carbonyl (C=O) groups is 3. The predicted octanol–water partition coefficient (Wildman–Crippen LogP) is 2.65. The molecule has 4 rings (SSSR count). The topological polar surface area (TPSA) is 99.2 Å². The SMILES string of the molecule is COC(=O)CN1C(=O)N(CC(O)CNC2CCCCC2)C(c2ccccc2)(c2ccccc2)C1=O. The van der Waals surface area contributed by atoms with E-state index in [2.05, 4.69) is 5.32 Å². The molecule has 2 aliphatic rings. The molecule has 2 N–H and O–H groups in total. The fraction of sp³-hybridized carbons (Fsp3) is 0.444. The molecule has 35 heavy (non-hydrogen) atoms. The fourth-order valence-corrected chi connectivity index (χ4v) is 5.20. The van der Waals surface area contributed by atoms with Gasteiger partial charge in [0, 0.05) is 12.6 Å². The van der Waals surface area contributed by atoms with Gasteiger partial charge in [-0.15, -0.1) is 0 Å². The molecule has 1 aliphatic carbocycles. The Labute approximate surface area is 205 Å². The number of carbonyl (C=O) groups excluding carboxylic acids is 3. The van der Waals surface area contributed by atoms with Gasteiger partial charge in [-0.1, -0.05) is 79.9 Å². The molecule has 1 aliphatic heterocycles. The molecule has 3 amide bonds. The van der Waals surface area contributed by atoms with Crippen LogP contribution in [0.2, 0.25) is 0 Å². The number of ether oxygens (including phenoxy) is 1. The summed E-state index contributed by atoms with van der Waals surface area (Å²) >= 11 is 0. The molecule has 1 saturated heterocycles. The quantitative estimate of drug-likeness (QED) is 0.424. The maximum Gasteiger partial charge on any atom is 0.328 e. The van der Waals surface area contributed by atoms with Gasteiger partial charge >= 0.3 is 12.0 Å². The van der Waals surface area contributed by atoms with Crippen molar-refractivity contribution in [2.45, 2.75) is 49.8 Å². The van der Waals surface area contributed by atoms with Crippen LogP contribution in [0.15, 0.2) is 60.7 Å². The van der Waals surface area contributed by atoms with Crippen LogP contribution < -0.4 is 5.32 Å². The normalized spacial score (nSPS) is 19.1. The number of hydrogen-bond donors (Lipinski definition) is 2. The maximum atomic E-state index is 14.0. The molecule has 0 radical (unpaired) electrons. The summed E-state index contributed by atoms with van der Waals surface area (Å²) in [6.07, 6.45) is 4.80. The van der Waals surface area contributed by atoms with Crippen LogP contribution in [0.25, 0.3) is 0 Å². The van der Waals surface area contributed by atoms with Gasteiger partial charge < -0.3 is 15.2 Å². The molecule has 0 bridgehead atoms. The molecule has 1 saturated carbocycles. The number of β-amino-alcohol motifs (C(OH)–C–C–N with tert-alkyl or cyclic N) is 1. The molecule has 1 heterocycles. The van der Waals surface area contributed by atoms with Gasteiger partial charge in [0.2, 0.25) is 0 Å². The van der Waals surface area contributed by atoms with Crippen molar-refractivity contribution in [2.24, 2.45) is 0 Å². The number of esters is 1. The molecule has 1 atom stereocenters. The van der Waals surface area contributed by atoms with Gasteiger partial charge in [0.1, 0.15) is 6.54 Å². The first-order valence-electron chi connectivity index (χ1n) is 12.2. The zero-order valence-electron chi connectivity index (χ0n) is 20.1. The number of methoxy groups -OCH3 is 1. The predicted molar refractivity (Wildman–Crippen MR) is 130 cm³/mol. The summed E-state index contributed by atoms with van der Waals surface area (Å²) in [4.78, 5) is 42.1. The summed E-state index contributed by atoms with van der Waals surface area (Å²) in [6.45, 7) is -0.270. The Morgan fingerprint density at radius 3 is 2.14 bits per heavy atom. The molecular weight excluding hydrogens is 446 g/mol. The Balaban J connectivity index is 1.71. The zero-order chi connectivity index (χ0) is 24.8. The van der Waals surface area contributed by atoms with Crippen LogP contribution in [0.5, 0.6) is 0 Å². The average Bonchev–Trinajstić information content (AvgIpc) is 3.10. The minimum atomic E-state index is -1.51. The third-order valence-electron chi connectivity index (χ3n) is 6.96. The number of benzene rings is 2. The van der Waals surface area contributed by atoms with E-state index >= 15 is 0 Å². The molecule has 2 aromatic rings. The molecule has 2 fully saturated rings. The van der Waals surface area contributed by atoms with Crippen molar-refractivity contribution in [1.29, 1.82) is 0 Å². The van der Waals surface area contributed by atoms with E-state index in [1.165, 1.54) is 31.3 Å². The summed E-state index contributed by atoms with van der Waals surface area (Å²) in [5.74, 6) is -1.24. The van der Waals surface area contributed by atoms with Crippen molar-refractivity contribution >= 4 is 17.9 Å². The Bertz CT molecular complexity index is 984. The van der Waals surface area contributed by atoms with Gasteiger partial charge in [0.25, 0.3) is 5.91 Å². The molecule has 8 nitrogen and oxygen atoms in total. The summed E-state index contributed by atoms with van der Waals surface area (Å²) in [5, 5.41) is 14.4. The number of amides is 3. The summed E-state index contributed by atoms with van der Waals surface area (Å²) in [6, 6.07) is 17.8. The van der Waals surface area contributed by atoms with Crippen LogP contribution in [-0.2, 0) is 19.9 Å². The van der Waals surface area contributed by atoms with E-state index in [-0.39, 0.29) is 6.54 Å². The van der Waals surface area contributed by atoms with Crippen molar-refractivity contribution in [3.63, 3.8) is 0 Å². The van der Waals surface area contributed by atoms with Crippen LogP contribution in [0.4, 0.5) is 4.79 Å². The Morgan fingerprint density at radius 2 is 1.60 bits per heavy atom. The van der Waals surface area contributed by atoms with Crippen LogP contribution in [0.1, 0.15) is 43.2 Å². The van der Waals surface area contributed by atoms with E-state index in [4.69, 9.17) is 4.74 Å². The first kappa shape index (κ1) is 24.9. The highest BCUT2D eigenvalue weighted by Gasteiger charge is 2.60. The highest BCUT2D eigenvalue weighted by atomic mass is 16.5. The highest BCUT2D eigenvalue weighted by molar-refractivity contribution is 6.11. The van der Waals surface area contributed by atoms with E-state index in [9.17, 15) is 19.5 Å². The molecule has 1 unspecified atom stereocenters. The number of nitrogens with one attached hydrogen (secondary N) is 1. The van der Waals surface area contributed by atoms with Gasteiger partial charge in [-0.25, -0.2) is 4.79 Å². The van der Waals surface area contributed by atoms with Crippen molar-refractivity contribution < 1.29 is 24.2 Å². The first-order valence-corrected chi connectivity index (χ1v) is 12.2. The molecular formula is C27H33N3O5. The van der Waals surface area contributed by atoms with Gasteiger partial charge in [0.05, 0.1) is 19.8 Å². The second kappa shape index (κ2) is 11.0. The lowest BCUT2D eigenvalue weighted by Gasteiger charge is -2.37. The number of hydrogen-bond acceptors (Lipinski definition) is 6. The number of aliphatic hydroxyl groups excluding tert-OH is 1. The van der Waals surface area contributed by atoms with Crippen LogP contribution in [-0.4, -0.2) is 71.7 Å². The number of nitrogens with zero attached hydrogens (tertiary/aromatic N) is 2. The van der Waals surface area contributed by atoms with Crippen LogP contribution in [0, 0.1) is 0 Å². The van der Waals surface area contributed by atoms with Crippen molar-refractivity contribution in [2.75, 3.05) is 26.7 Å². The van der Waals surface area contributed by atoms with Crippen molar-refractivity contribution in [3.8, 4) is 0 Å². The molecule has 186 valence electrons. The number of rotatable bonds is 9. The summed E-state index contributed by atoms with van der Waals surface area (Å²) < 4.78 is 4.75. The molecule has 0 spiro atoms. The second-order valence-electron chi connectivity index (χ2n) is 9.20. The van der Waals surface area contributed by atoms with E-state index < -0.39 is 36.1 Å². The zero-order valence-corrected chi connectivity index (χ0v) is 20.1. The number of urea groups is 1. The van der Waals surface area contributed by atoms with E-state index in [0.717, 1.165) is 17.7 Å². The van der Waals surface area contributed by atoms with E-state index in [1.807, 2.05) is 12.1 Å². The van der Waals surface area contributed by atoms with Gasteiger partial charge in [-0.05, 0) is 24.0 Å². The minimum Gasteiger partial charge on any atom is -0.468 e. The number of imide groups is 1. The fourth-order valence-electron chi connectivity index (χ4n) is 5.20. The average molecular weight is 480 g/mol. The molecule has 0 aromatic heterocycles. The van der Waals surface area contributed by atoms with Crippen LogP contribution >= 0.6 is 0 Å². The lowest BCUT2D eigenvalue weighted by Crippen LogP contribution is -2.52. The first-order chi connectivity index (χ1) is 17.0. The Morgan fingerprint density at radius 1 is 1.03 bits per heavy atom. The summed E-state index contributed by atoms with van der Waals surface area (Å²) in [7, 11) is 1.22. The van der Waals surface area contributed by atoms with Crippen molar-refractivity contribution in [3.05, 3.63) is 71.8 Å². The Hall–Kier alpha value is -3.23. The third-order valence-corrected chi connectivity index (χ3v) is 6.96. The second-order valence-corrected chi connectivity index (χ2v) is 9.20. The lowest BCUT2D eigenvalue weighted by molar-refractivity contribution is -0.145. The van der Waals surface area contributed by atoms with E-state index in [1.54, 1.807) is 48.5 Å².